The molecule has 1 fully saturated rings. The van der Waals surface area contributed by atoms with Gasteiger partial charge in [0.1, 0.15) is 6.04 Å². The van der Waals surface area contributed by atoms with Crippen molar-refractivity contribution in [1.29, 1.82) is 0 Å². The van der Waals surface area contributed by atoms with Gasteiger partial charge >= 0.3 is 5.97 Å². The molecule has 0 radical (unpaired) electrons. The van der Waals surface area contributed by atoms with E-state index in [1.54, 1.807) is 0 Å². The van der Waals surface area contributed by atoms with Gasteiger partial charge in [0.2, 0.25) is 0 Å². The standard InChI is InChI=1S/C4H8N2O2/c5-2-1-3(6)8-4(2)7/h2-3H,1,5-6H2. The third kappa shape index (κ3) is 0.801. The van der Waals surface area contributed by atoms with Crippen LogP contribution in [0.5, 0.6) is 0 Å². The predicted octanol–water partition coefficient (Wildman–Crippen LogP) is -1.45. The van der Waals surface area contributed by atoms with Gasteiger partial charge in [-0.05, 0) is 0 Å². The minimum absolute atomic E-state index is 0.391. The molecule has 1 saturated heterocycles. The summed E-state index contributed by atoms with van der Waals surface area (Å²) in [5, 5.41) is 0. The molecule has 4 heteroatoms. The van der Waals surface area contributed by atoms with Crippen LogP contribution in [0.15, 0.2) is 0 Å². The van der Waals surface area contributed by atoms with Crippen LogP contribution in [-0.2, 0) is 9.53 Å². The monoisotopic (exact) mass is 116 g/mol. The molecule has 4 N–H and O–H groups in total. The van der Waals surface area contributed by atoms with E-state index in [1.165, 1.54) is 0 Å². The molecule has 0 bridgehead atoms. The van der Waals surface area contributed by atoms with Gasteiger partial charge in [0, 0.05) is 6.42 Å². The Labute approximate surface area is 46.8 Å². The fraction of sp³-hybridized carbons (Fsp3) is 0.750. The van der Waals surface area contributed by atoms with Crippen molar-refractivity contribution in [3.05, 3.63) is 0 Å². The summed E-state index contributed by atoms with van der Waals surface area (Å²) in [7, 11) is 0. The molecule has 0 aromatic heterocycles. The summed E-state index contributed by atoms with van der Waals surface area (Å²) >= 11 is 0. The van der Waals surface area contributed by atoms with Gasteiger partial charge in [-0.1, -0.05) is 0 Å². The molecule has 46 valence electrons. The van der Waals surface area contributed by atoms with Crippen molar-refractivity contribution < 1.29 is 9.53 Å². The summed E-state index contributed by atoms with van der Waals surface area (Å²) in [6, 6.07) is -0.495. The Bertz CT molecular complexity index is 115. The summed E-state index contributed by atoms with van der Waals surface area (Å²) < 4.78 is 4.49. The average Bonchev–Trinajstić information content (AvgIpc) is 1.85. The molecule has 1 aliphatic rings. The highest BCUT2D eigenvalue weighted by molar-refractivity contribution is 5.77. The fourth-order valence-corrected chi connectivity index (χ4v) is 0.631. The van der Waals surface area contributed by atoms with Crippen LogP contribution in [-0.4, -0.2) is 18.2 Å². The van der Waals surface area contributed by atoms with Crippen LogP contribution in [0.2, 0.25) is 0 Å². The van der Waals surface area contributed by atoms with E-state index < -0.39 is 18.2 Å². The van der Waals surface area contributed by atoms with Crippen LogP contribution in [0.1, 0.15) is 6.42 Å². The van der Waals surface area contributed by atoms with Crippen molar-refractivity contribution in [3.63, 3.8) is 0 Å². The smallest absolute Gasteiger partial charge is 0.324 e. The normalized spacial score (nSPS) is 37.5. The van der Waals surface area contributed by atoms with E-state index in [-0.39, 0.29) is 0 Å². The minimum Gasteiger partial charge on any atom is -0.446 e. The quantitative estimate of drug-likeness (QED) is 0.379. The van der Waals surface area contributed by atoms with Gasteiger partial charge in [-0.25, -0.2) is 0 Å². The average molecular weight is 116 g/mol. The van der Waals surface area contributed by atoms with Gasteiger partial charge in [0.05, 0.1) is 0 Å². The van der Waals surface area contributed by atoms with Gasteiger partial charge < -0.3 is 10.5 Å². The number of carbonyl (C=O) groups is 1. The second kappa shape index (κ2) is 1.72. The second-order valence-corrected chi connectivity index (χ2v) is 1.82. The zero-order chi connectivity index (χ0) is 6.15. The highest BCUT2D eigenvalue weighted by Crippen LogP contribution is 2.06. The molecule has 2 unspecified atom stereocenters. The van der Waals surface area contributed by atoms with E-state index in [4.69, 9.17) is 11.5 Å². The summed E-state index contributed by atoms with van der Waals surface area (Å²) in [6.45, 7) is 0. The molecular weight excluding hydrogens is 108 g/mol. The number of hydrogen-bond donors (Lipinski definition) is 2. The Morgan fingerprint density at radius 3 is 2.38 bits per heavy atom. The Kier molecular flexibility index (Phi) is 1.19. The number of esters is 1. The van der Waals surface area contributed by atoms with Gasteiger partial charge in [0.25, 0.3) is 0 Å². The third-order valence-electron chi connectivity index (χ3n) is 1.06. The number of ether oxygens (including phenoxy) is 1. The number of cyclic esters (lactones) is 1. The lowest BCUT2D eigenvalue weighted by molar-refractivity contribution is -0.142. The van der Waals surface area contributed by atoms with Crippen molar-refractivity contribution in [2.24, 2.45) is 11.5 Å². The summed E-state index contributed by atoms with van der Waals surface area (Å²) in [5.74, 6) is -0.391. The van der Waals surface area contributed by atoms with Gasteiger partial charge in [-0.15, -0.1) is 0 Å². The van der Waals surface area contributed by atoms with E-state index in [0.29, 0.717) is 6.42 Å². The summed E-state index contributed by atoms with van der Waals surface area (Å²) in [5.41, 5.74) is 10.4. The maximum atomic E-state index is 10.4. The lowest BCUT2D eigenvalue weighted by Gasteiger charge is -1.95. The zero-order valence-corrected chi connectivity index (χ0v) is 4.33. The largest absolute Gasteiger partial charge is 0.446 e. The van der Waals surface area contributed by atoms with Crippen molar-refractivity contribution in [2.45, 2.75) is 18.7 Å². The van der Waals surface area contributed by atoms with Crippen LogP contribution in [0.3, 0.4) is 0 Å². The molecule has 0 amide bonds. The van der Waals surface area contributed by atoms with Crippen molar-refractivity contribution in [1.82, 2.24) is 0 Å². The molecule has 0 aromatic rings. The molecule has 0 aromatic carbocycles. The Balaban J connectivity index is 2.51. The zero-order valence-electron chi connectivity index (χ0n) is 4.33. The van der Waals surface area contributed by atoms with Gasteiger partial charge in [-0.2, -0.15) is 0 Å². The summed E-state index contributed by atoms with van der Waals surface area (Å²) in [6.07, 6.45) is -0.0313. The number of hydrogen-bond acceptors (Lipinski definition) is 4. The highest BCUT2D eigenvalue weighted by Gasteiger charge is 2.28. The second-order valence-electron chi connectivity index (χ2n) is 1.82. The molecule has 8 heavy (non-hydrogen) atoms. The first-order valence-electron chi connectivity index (χ1n) is 2.42. The molecule has 1 heterocycles. The minimum atomic E-state index is -0.495. The van der Waals surface area contributed by atoms with E-state index in [9.17, 15) is 4.79 Å². The molecule has 0 saturated carbocycles. The van der Waals surface area contributed by atoms with Crippen LogP contribution >= 0.6 is 0 Å². The van der Waals surface area contributed by atoms with E-state index >= 15 is 0 Å². The van der Waals surface area contributed by atoms with Crippen LogP contribution in [0.25, 0.3) is 0 Å². The lowest BCUT2D eigenvalue weighted by Crippen LogP contribution is -2.24. The molecule has 2 atom stereocenters. The SMILES string of the molecule is NC1CC(N)C(=O)O1. The molecular formula is C4H8N2O2. The Morgan fingerprint density at radius 1 is 1.62 bits per heavy atom. The van der Waals surface area contributed by atoms with E-state index in [2.05, 4.69) is 4.74 Å². The van der Waals surface area contributed by atoms with Gasteiger partial charge in [-0.3, -0.25) is 10.5 Å². The van der Waals surface area contributed by atoms with Crippen LogP contribution in [0.4, 0.5) is 0 Å². The maximum absolute atomic E-state index is 10.4. The lowest BCUT2D eigenvalue weighted by atomic mass is 10.2. The molecule has 4 nitrogen and oxygen atoms in total. The van der Waals surface area contributed by atoms with Crippen molar-refractivity contribution in [3.8, 4) is 0 Å². The topological polar surface area (TPSA) is 78.3 Å². The number of nitrogens with two attached hydrogens (primary N) is 2. The summed E-state index contributed by atoms with van der Waals surface area (Å²) in [4.78, 5) is 10.4. The van der Waals surface area contributed by atoms with Crippen molar-refractivity contribution in [2.75, 3.05) is 0 Å². The fourth-order valence-electron chi connectivity index (χ4n) is 0.631. The molecule has 1 aliphatic heterocycles. The maximum Gasteiger partial charge on any atom is 0.324 e. The number of carbonyl (C=O) groups excluding carboxylic acids is 1. The third-order valence-corrected chi connectivity index (χ3v) is 1.06. The molecule has 0 aliphatic carbocycles. The first-order chi connectivity index (χ1) is 3.70. The van der Waals surface area contributed by atoms with E-state index in [0.717, 1.165) is 0 Å². The van der Waals surface area contributed by atoms with Crippen molar-refractivity contribution >= 4 is 5.97 Å². The predicted molar refractivity (Wildman–Crippen MR) is 26.7 cm³/mol. The van der Waals surface area contributed by atoms with Crippen LogP contribution in [0, 0.1) is 0 Å². The van der Waals surface area contributed by atoms with Crippen LogP contribution < -0.4 is 11.5 Å². The first kappa shape index (κ1) is 5.53. The first-order valence-corrected chi connectivity index (χ1v) is 2.42. The molecule has 0 spiro atoms. The Morgan fingerprint density at radius 2 is 2.25 bits per heavy atom. The highest BCUT2D eigenvalue weighted by atomic mass is 16.6. The Hall–Kier alpha value is -0.610. The van der Waals surface area contributed by atoms with E-state index in [1.807, 2.05) is 0 Å². The van der Waals surface area contributed by atoms with Gasteiger partial charge in [0.15, 0.2) is 6.23 Å². The number of rotatable bonds is 0. The molecule has 1 rings (SSSR count).